The van der Waals surface area contributed by atoms with Crippen LogP contribution in [0.1, 0.15) is 47.0 Å². The second kappa shape index (κ2) is 6.02. The number of nitrogens with zero attached hydrogens (tertiary/aromatic N) is 1. The molecule has 2 heteroatoms. The van der Waals surface area contributed by atoms with E-state index in [4.69, 9.17) is 5.73 Å². The SMILES string of the molecule is CCC(C)CN(C)C1C(C)CC(C)CC1N. The first-order valence-corrected chi connectivity index (χ1v) is 6.91. The quantitative estimate of drug-likeness (QED) is 0.798. The molecule has 0 aromatic rings. The Kier molecular flexibility index (Phi) is 5.26. The van der Waals surface area contributed by atoms with Crippen LogP contribution in [0.25, 0.3) is 0 Å². The predicted octanol–water partition coefficient (Wildman–Crippen LogP) is 2.73. The van der Waals surface area contributed by atoms with Crippen molar-refractivity contribution in [1.82, 2.24) is 4.90 Å². The van der Waals surface area contributed by atoms with Crippen LogP contribution in [-0.2, 0) is 0 Å². The zero-order chi connectivity index (χ0) is 12.3. The Morgan fingerprint density at radius 1 is 1.31 bits per heavy atom. The molecule has 2 N–H and O–H groups in total. The maximum absolute atomic E-state index is 6.34. The van der Waals surface area contributed by atoms with Crippen LogP contribution in [0.2, 0.25) is 0 Å². The molecular weight excluding hydrogens is 196 g/mol. The Morgan fingerprint density at radius 3 is 2.44 bits per heavy atom. The van der Waals surface area contributed by atoms with Crippen molar-refractivity contribution in [3.63, 3.8) is 0 Å². The highest BCUT2D eigenvalue weighted by molar-refractivity contribution is 4.91. The molecular formula is C14H30N2. The Morgan fingerprint density at radius 2 is 1.94 bits per heavy atom. The molecule has 0 aromatic heterocycles. The first-order valence-electron chi connectivity index (χ1n) is 6.91. The van der Waals surface area contributed by atoms with Gasteiger partial charge in [0.2, 0.25) is 0 Å². The summed E-state index contributed by atoms with van der Waals surface area (Å²) in [6.07, 6.45) is 3.79. The summed E-state index contributed by atoms with van der Waals surface area (Å²) in [5.41, 5.74) is 6.34. The highest BCUT2D eigenvalue weighted by Crippen LogP contribution is 2.31. The molecule has 0 amide bonds. The Balaban J connectivity index is 2.56. The summed E-state index contributed by atoms with van der Waals surface area (Å²) in [6.45, 7) is 10.5. The van der Waals surface area contributed by atoms with Gasteiger partial charge in [-0.15, -0.1) is 0 Å². The molecule has 5 atom stereocenters. The van der Waals surface area contributed by atoms with Crippen LogP contribution in [0.4, 0.5) is 0 Å². The minimum absolute atomic E-state index is 0.368. The fourth-order valence-corrected chi connectivity index (χ4v) is 3.40. The second-order valence-electron chi connectivity index (χ2n) is 6.16. The van der Waals surface area contributed by atoms with Crippen molar-refractivity contribution in [1.29, 1.82) is 0 Å². The van der Waals surface area contributed by atoms with Gasteiger partial charge in [-0.3, -0.25) is 0 Å². The minimum Gasteiger partial charge on any atom is -0.326 e. The third-order valence-corrected chi connectivity index (χ3v) is 4.28. The molecule has 0 bridgehead atoms. The minimum atomic E-state index is 0.368. The van der Waals surface area contributed by atoms with Crippen LogP contribution in [0, 0.1) is 17.8 Å². The van der Waals surface area contributed by atoms with Gasteiger partial charge >= 0.3 is 0 Å². The normalized spacial score (nSPS) is 37.7. The van der Waals surface area contributed by atoms with Gasteiger partial charge in [0.25, 0.3) is 0 Å². The van der Waals surface area contributed by atoms with Crippen molar-refractivity contribution in [3.05, 3.63) is 0 Å². The second-order valence-corrected chi connectivity index (χ2v) is 6.16. The molecule has 16 heavy (non-hydrogen) atoms. The number of hydrogen-bond acceptors (Lipinski definition) is 2. The molecule has 96 valence electrons. The van der Waals surface area contributed by atoms with E-state index in [-0.39, 0.29) is 0 Å². The molecule has 0 radical (unpaired) electrons. The predicted molar refractivity (Wildman–Crippen MR) is 71.4 cm³/mol. The van der Waals surface area contributed by atoms with E-state index in [2.05, 4.69) is 39.6 Å². The van der Waals surface area contributed by atoms with E-state index in [0.29, 0.717) is 12.1 Å². The molecule has 0 spiro atoms. The lowest BCUT2D eigenvalue weighted by molar-refractivity contribution is 0.0852. The first-order chi connectivity index (χ1) is 7.45. The van der Waals surface area contributed by atoms with Crippen molar-refractivity contribution >= 4 is 0 Å². The molecule has 1 fully saturated rings. The zero-order valence-corrected chi connectivity index (χ0v) is 11.7. The van der Waals surface area contributed by atoms with Gasteiger partial charge in [-0.25, -0.2) is 0 Å². The van der Waals surface area contributed by atoms with Crippen molar-refractivity contribution in [2.24, 2.45) is 23.5 Å². The lowest BCUT2D eigenvalue weighted by Gasteiger charge is -2.43. The van der Waals surface area contributed by atoms with Gasteiger partial charge in [-0.05, 0) is 37.6 Å². The molecule has 1 rings (SSSR count). The van der Waals surface area contributed by atoms with Gasteiger partial charge < -0.3 is 10.6 Å². The lowest BCUT2D eigenvalue weighted by Crippen LogP contribution is -2.54. The topological polar surface area (TPSA) is 29.3 Å². The summed E-state index contributed by atoms with van der Waals surface area (Å²) in [6, 6.07) is 0.956. The van der Waals surface area contributed by atoms with Crippen LogP contribution >= 0.6 is 0 Å². The van der Waals surface area contributed by atoms with Gasteiger partial charge in [-0.2, -0.15) is 0 Å². The van der Waals surface area contributed by atoms with E-state index < -0.39 is 0 Å². The monoisotopic (exact) mass is 226 g/mol. The maximum Gasteiger partial charge on any atom is 0.0270 e. The molecule has 0 aromatic carbocycles. The van der Waals surface area contributed by atoms with Crippen molar-refractivity contribution in [2.75, 3.05) is 13.6 Å². The van der Waals surface area contributed by atoms with Gasteiger partial charge in [0.05, 0.1) is 0 Å². The summed E-state index contributed by atoms with van der Waals surface area (Å²) < 4.78 is 0. The van der Waals surface area contributed by atoms with Gasteiger partial charge in [0.15, 0.2) is 0 Å². The fraction of sp³-hybridized carbons (Fsp3) is 1.00. The van der Waals surface area contributed by atoms with Crippen LogP contribution in [-0.4, -0.2) is 30.6 Å². The van der Waals surface area contributed by atoms with Crippen molar-refractivity contribution in [3.8, 4) is 0 Å². The average molecular weight is 226 g/mol. The summed E-state index contributed by atoms with van der Waals surface area (Å²) in [5, 5.41) is 0. The highest BCUT2D eigenvalue weighted by atomic mass is 15.2. The number of rotatable bonds is 4. The van der Waals surface area contributed by atoms with Gasteiger partial charge in [-0.1, -0.05) is 34.1 Å². The summed E-state index contributed by atoms with van der Waals surface area (Å²) in [5.74, 6) is 2.33. The zero-order valence-electron chi connectivity index (χ0n) is 11.7. The van der Waals surface area contributed by atoms with Crippen LogP contribution < -0.4 is 5.73 Å². The number of nitrogens with two attached hydrogens (primary N) is 1. The third kappa shape index (κ3) is 3.46. The van der Waals surface area contributed by atoms with Crippen LogP contribution in [0.5, 0.6) is 0 Å². The molecule has 0 heterocycles. The number of likely N-dealkylation sites (N-methyl/N-ethyl adjacent to an activating group) is 1. The van der Waals surface area contributed by atoms with E-state index in [1.165, 1.54) is 25.8 Å². The summed E-state index contributed by atoms with van der Waals surface area (Å²) in [4.78, 5) is 2.51. The van der Waals surface area contributed by atoms with Gasteiger partial charge in [0, 0.05) is 18.6 Å². The summed E-state index contributed by atoms with van der Waals surface area (Å²) >= 11 is 0. The standard InChI is InChI=1S/C14H30N2/c1-6-10(2)9-16(5)14-12(4)7-11(3)8-13(14)15/h10-14H,6-9,15H2,1-5H3. The largest absolute Gasteiger partial charge is 0.326 e. The molecule has 2 nitrogen and oxygen atoms in total. The fourth-order valence-electron chi connectivity index (χ4n) is 3.40. The lowest BCUT2D eigenvalue weighted by atomic mass is 9.76. The van der Waals surface area contributed by atoms with E-state index >= 15 is 0 Å². The average Bonchev–Trinajstić information content (AvgIpc) is 2.15. The number of hydrogen-bond donors (Lipinski definition) is 1. The highest BCUT2D eigenvalue weighted by Gasteiger charge is 2.34. The van der Waals surface area contributed by atoms with E-state index in [9.17, 15) is 0 Å². The summed E-state index contributed by atoms with van der Waals surface area (Å²) in [7, 11) is 2.25. The first kappa shape index (κ1) is 14.0. The van der Waals surface area contributed by atoms with Gasteiger partial charge in [0.1, 0.15) is 0 Å². The Bertz CT molecular complexity index is 193. The van der Waals surface area contributed by atoms with E-state index in [1.54, 1.807) is 0 Å². The molecule has 1 aliphatic carbocycles. The Labute approximate surface area is 102 Å². The third-order valence-electron chi connectivity index (χ3n) is 4.28. The molecule has 1 saturated carbocycles. The smallest absolute Gasteiger partial charge is 0.0270 e. The van der Waals surface area contributed by atoms with Crippen molar-refractivity contribution < 1.29 is 0 Å². The molecule has 0 aliphatic heterocycles. The van der Waals surface area contributed by atoms with E-state index in [0.717, 1.165) is 17.8 Å². The molecule has 1 aliphatic rings. The van der Waals surface area contributed by atoms with E-state index in [1.807, 2.05) is 0 Å². The van der Waals surface area contributed by atoms with Crippen LogP contribution in [0.15, 0.2) is 0 Å². The van der Waals surface area contributed by atoms with Crippen molar-refractivity contribution in [2.45, 2.75) is 59.0 Å². The molecule has 0 saturated heterocycles. The Hall–Kier alpha value is -0.0800. The maximum atomic E-state index is 6.34. The molecule has 5 unspecified atom stereocenters. The van der Waals surface area contributed by atoms with Crippen LogP contribution in [0.3, 0.4) is 0 Å².